The van der Waals surface area contributed by atoms with Crippen molar-refractivity contribution in [3.63, 3.8) is 0 Å². The summed E-state index contributed by atoms with van der Waals surface area (Å²) in [5.74, 6) is -3.49. The first kappa shape index (κ1) is 21.3. The average Bonchev–Trinajstić information content (AvgIpc) is 2.92. The van der Waals surface area contributed by atoms with Crippen LogP contribution in [0.25, 0.3) is 10.9 Å². The number of hydrogen-bond acceptors (Lipinski definition) is 4. The fourth-order valence-corrected chi connectivity index (χ4v) is 3.45. The van der Waals surface area contributed by atoms with Crippen molar-refractivity contribution >= 4 is 40.3 Å². The second-order valence-corrected chi connectivity index (χ2v) is 7.14. The van der Waals surface area contributed by atoms with Crippen molar-refractivity contribution in [3.8, 4) is 5.75 Å². The van der Waals surface area contributed by atoms with Gasteiger partial charge in [0.1, 0.15) is 0 Å². The highest BCUT2D eigenvalue weighted by Gasteiger charge is 2.23. The number of halogens is 2. The highest BCUT2D eigenvalue weighted by atomic mass is 35.5. The maximum absolute atomic E-state index is 14.1. The van der Waals surface area contributed by atoms with Gasteiger partial charge in [-0.25, -0.2) is 4.39 Å². The molecule has 1 aromatic heterocycles. The zero-order valence-electron chi connectivity index (χ0n) is 15.9. The summed E-state index contributed by atoms with van der Waals surface area (Å²) in [7, 11) is 0. The van der Waals surface area contributed by atoms with Gasteiger partial charge in [-0.1, -0.05) is 17.7 Å². The van der Waals surface area contributed by atoms with E-state index < -0.39 is 29.4 Å². The number of phenolic OH excluding ortho intramolecular Hbond substituents is 1. The van der Waals surface area contributed by atoms with Gasteiger partial charge in [-0.15, -0.1) is 0 Å². The van der Waals surface area contributed by atoms with Crippen LogP contribution in [0.4, 0.5) is 4.39 Å². The fourth-order valence-electron chi connectivity index (χ4n) is 3.26. The minimum atomic E-state index is -1.05. The Morgan fingerprint density at radius 3 is 2.60 bits per heavy atom. The molecule has 0 aliphatic heterocycles. The molecule has 0 saturated heterocycles. The first-order valence-corrected chi connectivity index (χ1v) is 9.38. The molecule has 2 aromatic carbocycles. The van der Waals surface area contributed by atoms with Crippen molar-refractivity contribution in [2.24, 2.45) is 0 Å². The minimum absolute atomic E-state index is 0.0484. The van der Waals surface area contributed by atoms with Gasteiger partial charge >= 0.3 is 5.97 Å². The zero-order valence-corrected chi connectivity index (χ0v) is 16.7. The highest BCUT2D eigenvalue weighted by Crippen LogP contribution is 2.32. The van der Waals surface area contributed by atoms with Crippen LogP contribution in [0.5, 0.6) is 5.75 Å². The van der Waals surface area contributed by atoms with Gasteiger partial charge in [0.05, 0.1) is 18.4 Å². The number of carbonyl (C=O) groups excluding carboxylic acids is 2. The van der Waals surface area contributed by atoms with Crippen LogP contribution in [-0.4, -0.2) is 39.1 Å². The molecule has 0 saturated carbocycles. The number of nitrogens with zero attached hydrogens (tertiary/aromatic N) is 1. The molecule has 7 nitrogen and oxygen atoms in total. The summed E-state index contributed by atoms with van der Waals surface area (Å²) in [5, 5.41) is 21.7. The van der Waals surface area contributed by atoms with Crippen molar-refractivity contribution in [2.75, 3.05) is 6.54 Å². The van der Waals surface area contributed by atoms with E-state index in [1.165, 1.54) is 16.7 Å². The quantitative estimate of drug-likeness (QED) is 0.554. The number of aromatic hydroxyl groups is 1. The number of carboxylic acids is 1. The molecule has 0 unspecified atom stereocenters. The lowest BCUT2D eigenvalue weighted by molar-refractivity contribution is -0.136. The third-order valence-electron chi connectivity index (χ3n) is 4.68. The SMILES string of the molecule is Cc1c(CC(=O)NCCC(=O)O)c2cc(O)c(F)cc2n1C(=O)c1cccc(Cl)c1. The van der Waals surface area contributed by atoms with Crippen LogP contribution in [0.2, 0.25) is 5.02 Å². The molecule has 0 spiro atoms. The number of benzene rings is 2. The average molecular weight is 433 g/mol. The van der Waals surface area contributed by atoms with E-state index in [-0.39, 0.29) is 30.5 Å². The molecule has 0 radical (unpaired) electrons. The van der Waals surface area contributed by atoms with Crippen LogP contribution in [0.3, 0.4) is 0 Å². The van der Waals surface area contributed by atoms with E-state index in [9.17, 15) is 23.9 Å². The second-order valence-electron chi connectivity index (χ2n) is 6.71. The molecule has 156 valence electrons. The smallest absolute Gasteiger partial charge is 0.305 e. The second kappa shape index (κ2) is 8.54. The topological polar surface area (TPSA) is 109 Å². The summed E-state index contributed by atoms with van der Waals surface area (Å²) in [4.78, 5) is 36.0. The van der Waals surface area contributed by atoms with Gasteiger partial charge in [-0.3, -0.25) is 19.0 Å². The highest BCUT2D eigenvalue weighted by molar-refractivity contribution is 6.31. The van der Waals surface area contributed by atoms with Gasteiger partial charge in [0.2, 0.25) is 5.91 Å². The predicted octanol–water partition coefficient (Wildman–Crippen LogP) is 3.27. The van der Waals surface area contributed by atoms with Crippen molar-refractivity contribution in [1.82, 2.24) is 9.88 Å². The maximum atomic E-state index is 14.1. The van der Waals surface area contributed by atoms with Gasteiger partial charge in [0, 0.05) is 34.3 Å². The largest absolute Gasteiger partial charge is 0.505 e. The molecule has 3 rings (SSSR count). The summed E-state index contributed by atoms with van der Waals surface area (Å²) in [5.41, 5.74) is 1.28. The summed E-state index contributed by atoms with van der Waals surface area (Å²) in [6, 6.07) is 8.47. The summed E-state index contributed by atoms with van der Waals surface area (Å²) < 4.78 is 15.3. The van der Waals surface area contributed by atoms with Gasteiger partial charge in [-0.05, 0) is 36.8 Å². The van der Waals surface area contributed by atoms with E-state index in [2.05, 4.69) is 5.32 Å². The Kier molecular flexibility index (Phi) is 6.07. The Bertz CT molecular complexity index is 1170. The van der Waals surface area contributed by atoms with E-state index in [4.69, 9.17) is 16.7 Å². The molecule has 0 fully saturated rings. The van der Waals surface area contributed by atoms with Crippen molar-refractivity contribution in [2.45, 2.75) is 19.8 Å². The maximum Gasteiger partial charge on any atom is 0.305 e. The molecule has 3 N–H and O–H groups in total. The molecule has 3 aromatic rings. The Balaban J connectivity index is 2.06. The lowest BCUT2D eigenvalue weighted by atomic mass is 10.1. The first-order chi connectivity index (χ1) is 14.2. The molecule has 1 amide bonds. The van der Waals surface area contributed by atoms with Crippen LogP contribution < -0.4 is 5.32 Å². The summed E-state index contributed by atoms with van der Waals surface area (Å²) in [6.07, 6.45) is -0.408. The number of aliphatic carboxylic acids is 1. The van der Waals surface area contributed by atoms with E-state index >= 15 is 0 Å². The molecule has 0 aliphatic rings. The third kappa shape index (κ3) is 4.28. The first-order valence-electron chi connectivity index (χ1n) is 9.00. The van der Waals surface area contributed by atoms with Crippen molar-refractivity contribution in [3.05, 3.63) is 64.1 Å². The van der Waals surface area contributed by atoms with Gasteiger partial charge in [0.25, 0.3) is 5.91 Å². The molecule has 0 aliphatic carbocycles. The number of carboxylic acid groups (broad SMARTS) is 1. The number of phenols is 1. The van der Waals surface area contributed by atoms with E-state index in [0.717, 1.165) is 6.07 Å². The van der Waals surface area contributed by atoms with E-state index in [1.807, 2.05) is 0 Å². The van der Waals surface area contributed by atoms with Gasteiger partial charge < -0.3 is 15.5 Å². The molecule has 0 bridgehead atoms. The molecular formula is C21H18ClFN2O5. The Hall–Kier alpha value is -3.39. The van der Waals surface area contributed by atoms with Crippen LogP contribution in [0.15, 0.2) is 36.4 Å². The lowest BCUT2D eigenvalue weighted by Crippen LogP contribution is -2.27. The molecule has 1 heterocycles. The van der Waals surface area contributed by atoms with Gasteiger partial charge in [-0.2, -0.15) is 0 Å². The van der Waals surface area contributed by atoms with Crippen LogP contribution >= 0.6 is 11.6 Å². The van der Waals surface area contributed by atoms with E-state index in [1.54, 1.807) is 25.1 Å². The Morgan fingerprint density at radius 2 is 1.93 bits per heavy atom. The fraction of sp³-hybridized carbons (Fsp3) is 0.190. The van der Waals surface area contributed by atoms with Crippen molar-refractivity contribution in [1.29, 1.82) is 0 Å². The normalized spacial score (nSPS) is 10.9. The molecule has 9 heteroatoms. The molecular weight excluding hydrogens is 415 g/mol. The number of carbonyl (C=O) groups is 3. The molecule has 0 atom stereocenters. The lowest BCUT2D eigenvalue weighted by Gasteiger charge is -2.08. The van der Waals surface area contributed by atoms with Crippen LogP contribution in [-0.2, 0) is 16.0 Å². The van der Waals surface area contributed by atoms with E-state index in [0.29, 0.717) is 21.7 Å². The monoisotopic (exact) mass is 432 g/mol. The number of nitrogens with one attached hydrogen (secondary N) is 1. The third-order valence-corrected chi connectivity index (χ3v) is 4.91. The number of rotatable bonds is 6. The molecule has 30 heavy (non-hydrogen) atoms. The minimum Gasteiger partial charge on any atom is -0.505 e. The number of amides is 1. The van der Waals surface area contributed by atoms with Crippen LogP contribution in [0, 0.1) is 12.7 Å². The summed E-state index contributed by atoms with van der Waals surface area (Å²) >= 11 is 5.98. The number of aromatic nitrogens is 1. The predicted molar refractivity (Wildman–Crippen MR) is 108 cm³/mol. The van der Waals surface area contributed by atoms with Gasteiger partial charge in [0.15, 0.2) is 11.6 Å². The Morgan fingerprint density at radius 1 is 1.20 bits per heavy atom. The zero-order chi connectivity index (χ0) is 22.0. The number of hydrogen-bond donors (Lipinski definition) is 3. The Labute approximate surface area is 175 Å². The standard InChI is InChI=1S/C21H18ClFN2O5/c1-11-14(9-19(27)24-6-5-20(28)29)15-8-18(26)16(23)10-17(15)25(11)21(30)12-3-2-4-13(22)7-12/h2-4,7-8,10,26H,5-6,9H2,1H3,(H,24,27)(H,28,29). The van der Waals surface area contributed by atoms with Crippen molar-refractivity contribution < 1.29 is 29.0 Å². The summed E-state index contributed by atoms with van der Waals surface area (Å²) in [6.45, 7) is 1.56. The number of fused-ring (bicyclic) bond motifs is 1. The van der Waals surface area contributed by atoms with Crippen LogP contribution in [0.1, 0.15) is 28.0 Å².